The van der Waals surface area contributed by atoms with Gasteiger partial charge in [0.1, 0.15) is 5.76 Å². The van der Waals surface area contributed by atoms with Crippen molar-refractivity contribution < 1.29 is 19.1 Å². The summed E-state index contributed by atoms with van der Waals surface area (Å²) in [6.07, 6.45) is 0.724. The molecule has 0 saturated heterocycles. The van der Waals surface area contributed by atoms with Crippen molar-refractivity contribution in [1.82, 2.24) is 5.32 Å². The van der Waals surface area contributed by atoms with Crippen molar-refractivity contribution in [1.29, 1.82) is 0 Å². The highest BCUT2D eigenvalue weighted by Crippen LogP contribution is 2.10. The normalized spacial score (nSPS) is 12.1. The zero-order valence-electron chi connectivity index (χ0n) is 11.9. The van der Waals surface area contributed by atoms with Gasteiger partial charge in [0.2, 0.25) is 5.76 Å². The minimum absolute atomic E-state index is 0.0272. The molecule has 0 saturated carbocycles. The summed E-state index contributed by atoms with van der Waals surface area (Å²) in [5.41, 5.74) is 1.15. The number of nitrogens with one attached hydrogen (secondary N) is 1. The molecule has 1 aromatic carbocycles. The maximum Gasteiger partial charge on any atom is 0.373 e. The lowest BCUT2D eigenvalue weighted by molar-refractivity contribution is 0.0562. The minimum Gasteiger partial charge on any atom is -0.463 e. The summed E-state index contributed by atoms with van der Waals surface area (Å²) in [5, 5.41) is 12.6. The van der Waals surface area contributed by atoms with E-state index in [1.165, 1.54) is 7.11 Å². The number of aliphatic hydroxyl groups excluding tert-OH is 1. The van der Waals surface area contributed by atoms with Crippen molar-refractivity contribution in [3.8, 4) is 0 Å². The Balaban J connectivity index is 1.88. The molecule has 0 fully saturated rings. The van der Waals surface area contributed by atoms with Crippen LogP contribution >= 0.6 is 0 Å². The number of ether oxygens (including phenoxy) is 1. The molecule has 1 aromatic heterocycles. The van der Waals surface area contributed by atoms with Crippen LogP contribution in [0, 0.1) is 0 Å². The summed E-state index contributed by atoms with van der Waals surface area (Å²) >= 11 is 0. The summed E-state index contributed by atoms with van der Waals surface area (Å²) in [5.74, 6) is 0.309. The summed E-state index contributed by atoms with van der Waals surface area (Å²) in [7, 11) is 1.31. The molecular formula is C16H19NO4. The number of carbonyl (C=O) groups excluding carboxylic acids is 1. The van der Waals surface area contributed by atoms with Crippen molar-refractivity contribution in [3.63, 3.8) is 0 Å². The van der Waals surface area contributed by atoms with Gasteiger partial charge in [-0.1, -0.05) is 30.3 Å². The Morgan fingerprint density at radius 3 is 2.71 bits per heavy atom. The van der Waals surface area contributed by atoms with E-state index in [9.17, 15) is 9.90 Å². The maximum absolute atomic E-state index is 11.3. The summed E-state index contributed by atoms with van der Waals surface area (Å²) < 4.78 is 9.95. The average Bonchev–Trinajstić information content (AvgIpc) is 3.00. The molecule has 0 aliphatic carbocycles. The number of benzene rings is 1. The molecule has 0 bridgehead atoms. The Kier molecular flexibility index (Phi) is 5.54. The molecule has 0 aliphatic heterocycles. The second-order valence-electron chi connectivity index (χ2n) is 4.71. The fraction of sp³-hybridized carbons (Fsp3) is 0.312. The van der Waals surface area contributed by atoms with Gasteiger partial charge in [-0.2, -0.15) is 0 Å². The van der Waals surface area contributed by atoms with Crippen LogP contribution in [-0.4, -0.2) is 30.8 Å². The molecule has 1 heterocycles. The van der Waals surface area contributed by atoms with Gasteiger partial charge in [-0.3, -0.25) is 0 Å². The molecule has 112 valence electrons. The molecular weight excluding hydrogens is 270 g/mol. The molecule has 5 nitrogen and oxygen atoms in total. The van der Waals surface area contributed by atoms with E-state index in [-0.39, 0.29) is 18.4 Å². The number of carbonyl (C=O) groups is 1. The predicted molar refractivity (Wildman–Crippen MR) is 77.9 cm³/mol. The van der Waals surface area contributed by atoms with Crippen LogP contribution in [0.25, 0.3) is 0 Å². The average molecular weight is 289 g/mol. The topological polar surface area (TPSA) is 71.7 Å². The lowest BCUT2D eigenvalue weighted by Gasteiger charge is -2.15. The highest BCUT2D eigenvalue weighted by Gasteiger charge is 2.13. The summed E-state index contributed by atoms with van der Waals surface area (Å²) in [6.45, 7) is 0.467. The Hall–Kier alpha value is -2.11. The Morgan fingerprint density at radius 1 is 1.29 bits per heavy atom. The van der Waals surface area contributed by atoms with Crippen molar-refractivity contribution >= 4 is 5.97 Å². The van der Waals surface area contributed by atoms with Gasteiger partial charge in [-0.25, -0.2) is 4.79 Å². The highest BCUT2D eigenvalue weighted by molar-refractivity contribution is 5.86. The van der Waals surface area contributed by atoms with Crippen molar-refractivity contribution in [2.75, 3.05) is 13.7 Å². The molecule has 2 aromatic rings. The molecule has 1 atom stereocenters. The second kappa shape index (κ2) is 7.61. The fourth-order valence-corrected chi connectivity index (χ4v) is 2.03. The minimum atomic E-state index is -0.496. The molecule has 2 N–H and O–H groups in total. The van der Waals surface area contributed by atoms with E-state index in [2.05, 4.69) is 10.1 Å². The van der Waals surface area contributed by atoms with E-state index in [0.29, 0.717) is 12.3 Å². The molecule has 2 rings (SSSR count). The number of aliphatic hydroxyl groups is 1. The largest absolute Gasteiger partial charge is 0.463 e. The van der Waals surface area contributed by atoms with Crippen LogP contribution in [0.2, 0.25) is 0 Å². The molecule has 21 heavy (non-hydrogen) atoms. The van der Waals surface area contributed by atoms with Crippen LogP contribution in [-0.2, 0) is 17.7 Å². The first-order valence-electron chi connectivity index (χ1n) is 6.78. The van der Waals surface area contributed by atoms with Gasteiger partial charge in [-0.05, 0) is 24.1 Å². The number of hydrogen-bond acceptors (Lipinski definition) is 5. The van der Waals surface area contributed by atoms with E-state index < -0.39 is 5.97 Å². The monoisotopic (exact) mass is 289 g/mol. The first-order chi connectivity index (χ1) is 10.2. The van der Waals surface area contributed by atoms with Gasteiger partial charge < -0.3 is 19.6 Å². The quantitative estimate of drug-likeness (QED) is 0.760. The van der Waals surface area contributed by atoms with Crippen LogP contribution in [0.3, 0.4) is 0 Å². The third-order valence-corrected chi connectivity index (χ3v) is 3.16. The second-order valence-corrected chi connectivity index (χ2v) is 4.71. The van der Waals surface area contributed by atoms with E-state index >= 15 is 0 Å². The van der Waals surface area contributed by atoms with Crippen molar-refractivity contribution in [2.45, 2.75) is 19.0 Å². The van der Waals surface area contributed by atoms with E-state index in [1.807, 2.05) is 30.3 Å². The molecule has 0 spiro atoms. The van der Waals surface area contributed by atoms with Gasteiger partial charge in [-0.15, -0.1) is 0 Å². The van der Waals surface area contributed by atoms with Crippen molar-refractivity contribution in [3.05, 3.63) is 59.5 Å². The van der Waals surface area contributed by atoms with Gasteiger partial charge in [0.15, 0.2) is 0 Å². The molecule has 0 unspecified atom stereocenters. The van der Waals surface area contributed by atoms with Crippen LogP contribution in [0.15, 0.2) is 46.9 Å². The van der Waals surface area contributed by atoms with Gasteiger partial charge in [0.05, 0.1) is 20.3 Å². The predicted octanol–water partition coefficient (Wildman–Crippen LogP) is 1.76. The van der Waals surface area contributed by atoms with Gasteiger partial charge in [0.25, 0.3) is 0 Å². The van der Waals surface area contributed by atoms with Crippen molar-refractivity contribution in [2.24, 2.45) is 0 Å². The van der Waals surface area contributed by atoms with Gasteiger partial charge in [0, 0.05) is 6.04 Å². The maximum atomic E-state index is 11.3. The Labute approximate surface area is 123 Å². The lowest BCUT2D eigenvalue weighted by Crippen LogP contribution is -2.33. The first-order valence-corrected chi connectivity index (χ1v) is 6.78. The van der Waals surface area contributed by atoms with E-state index in [0.717, 1.165) is 12.0 Å². The third-order valence-electron chi connectivity index (χ3n) is 3.16. The van der Waals surface area contributed by atoms with Crippen LogP contribution < -0.4 is 5.32 Å². The highest BCUT2D eigenvalue weighted by atomic mass is 16.5. The number of methoxy groups -OCH3 is 1. The van der Waals surface area contributed by atoms with E-state index in [4.69, 9.17) is 4.42 Å². The van der Waals surface area contributed by atoms with Crippen LogP contribution in [0.4, 0.5) is 0 Å². The lowest BCUT2D eigenvalue weighted by atomic mass is 10.1. The zero-order valence-corrected chi connectivity index (χ0v) is 11.9. The van der Waals surface area contributed by atoms with E-state index in [1.54, 1.807) is 12.1 Å². The zero-order chi connectivity index (χ0) is 15.1. The van der Waals surface area contributed by atoms with Crippen LogP contribution in [0.1, 0.15) is 21.9 Å². The number of rotatable bonds is 7. The molecule has 0 radical (unpaired) electrons. The first kappa shape index (κ1) is 15.3. The molecule has 5 heteroatoms. The number of furan rings is 1. The fourth-order valence-electron chi connectivity index (χ4n) is 2.03. The molecule has 0 amide bonds. The number of hydrogen-bond donors (Lipinski definition) is 2. The third kappa shape index (κ3) is 4.44. The Morgan fingerprint density at radius 2 is 2.05 bits per heavy atom. The van der Waals surface area contributed by atoms with Gasteiger partial charge >= 0.3 is 5.97 Å². The summed E-state index contributed by atoms with van der Waals surface area (Å²) in [4.78, 5) is 11.3. The SMILES string of the molecule is COC(=O)c1ccc(CN[C@H](CO)Cc2ccccc2)o1. The summed E-state index contributed by atoms with van der Waals surface area (Å²) in [6, 6.07) is 13.2. The number of esters is 1. The van der Waals surface area contributed by atoms with Crippen LogP contribution in [0.5, 0.6) is 0 Å². The standard InChI is InChI=1S/C16H19NO4/c1-20-16(19)15-8-7-14(21-15)10-17-13(11-18)9-12-5-3-2-4-6-12/h2-8,13,17-18H,9-11H2,1H3/t13-/m0/s1. The molecule has 0 aliphatic rings. The smallest absolute Gasteiger partial charge is 0.373 e. The Bertz CT molecular complexity index is 565.